The predicted molar refractivity (Wildman–Crippen MR) is 108 cm³/mol. The molecule has 28 heavy (non-hydrogen) atoms. The van der Waals surface area contributed by atoms with Gasteiger partial charge in [-0.15, -0.1) is 0 Å². The minimum absolute atomic E-state index is 0.183. The number of para-hydroxylation sites is 1. The van der Waals surface area contributed by atoms with Crippen LogP contribution in [0.15, 0.2) is 42.5 Å². The summed E-state index contributed by atoms with van der Waals surface area (Å²) in [6.45, 7) is 2.49. The zero-order chi connectivity index (χ0) is 20.1. The molecule has 0 saturated carbocycles. The fourth-order valence-electron chi connectivity index (χ4n) is 3.17. The Hall–Kier alpha value is -2.66. The number of hydrogen-bond acceptors (Lipinski definition) is 4. The van der Waals surface area contributed by atoms with E-state index >= 15 is 0 Å². The molecule has 0 fully saturated rings. The summed E-state index contributed by atoms with van der Waals surface area (Å²) >= 11 is 6.14. The van der Waals surface area contributed by atoms with Crippen LogP contribution in [0, 0.1) is 0 Å². The van der Waals surface area contributed by atoms with E-state index in [1.54, 1.807) is 24.3 Å². The molecule has 0 bridgehead atoms. The molecule has 0 radical (unpaired) electrons. The monoisotopic (exact) mass is 399 g/mol. The molecule has 146 valence electrons. The minimum Gasteiger partial charge on any atom is -0.462 e. The third-order valence-electron chi connectivity index (χ3n) is 4.70. The van der Waals surface area contributed by atoms with Crippen molar-refractivity contribution in [1.29, 1.82) is 0 Å². The number of halogens is 1. The van der Waals surface area contributed by atoms with Gasteiger partial charge in [0.25, 0.3) is 11.8 Å². The number of ether oxygens (including phenoxy) is 1. The Kier molecular flexibility index (Phi) is 6.47. The summed E-state index contributed by atoms with van der Waals surface area (Å²) in [6.07, 6.45) is 5.30. The zero-order valence-corrected chi connectivity index (χ0v) is 16.5. The number of fused-ring (bicyclic) bond motifs is 1. The number of unbranched alkanes of at least 4 members (excludes halogenated alkanes) is 4. The average molecular weight is 400 g/mol. The van der Waals surface area contributed by atoms with Crippen molar-refractivity contribution in [1.82, 2.24) is 0 Å². The van der Waals surface area contributed by atoms with Crippen molar-refractivity contribution >= 4 is 35.1 Å². The highest BCUT2D eigenvalue weighted by Gasteiger charge is 2.38. The Bertz CT molecular complexity index is 909. The zero-order valence-electron chi connectivity index (χ0n) is 15.7. The highest BCUT2D eigenvalue weighted by molar-refractivity contribution is 6.39. The average Bonchev–Trinajstić information content (AvgIpc) is 2.95. The van der Waals surface area contributed by atoms with Crippen LogP contribution in [0.5, 0.6) is 0 Å². The molecule has 0 spiro atoms. The van der Waals surface area contributed by atoms with Crippen LogP contribution in [0.3, 0.4) is 0 Å². The molecular formula is C22H22ClNO4. The van der Waals surface area contributed by atoms with Gasteiger partial charge in [-0.2, -0.15) is 0 Å². The quantitative estimate of drug-likeness (QED) is 0.344. The normalized spacial score (nSPS) is 13.0. The number of hydrogen-bond donors (Lipinski definition) is 0. The van der Waals surface area contributed by atoms with Gasteiger partial charge in [0.2, 0.25) is 0 Å². The topological polar surface area (TPSA) is 63.7 Å². The largest absolute Gasteiger partial charge is 0.462 e. The number of esters is 1. The molecule has 0 atom stereocenters. The molecule has 0 unspecified atom stereocenters. The molecule has 2 aromatic carbocycles. The lowest BCUT2D eigenvalue weighted by molar-refractivity contribution is 0.0497. The van der Waals surface area contributed by atoms with Gasteiger partial charge in [-0.05, 0) is 36.8 Å². The van der Waals surface area contributed by atoms with Crippen LogP contribution in [-0.2, 0) is 4.74 Å². The second kappa shape index (κ2) is 9.02. The maximum absolute atomic E-state index is 12.8. The van der Waals surface area contributed by atoms with Crippen LogP contribution in [0.1, 0.15) is 70.1 Å². The number of imide groups is 1. The van der Waals surface area contributed by atoms with Gasteiger partial charge in [-0.1, -0.05) is 56.3 Å². The Morgan fingerprint density at radius 3 is 2.43 bits per heavy atom. The highest BCUT2D eigenvalue weighted by Crippen LogP contribution is 2.33. The fraction of sp³-hybridized carbons (Fsp3) is 0.318. The van der Waals surface area contributed by atoms with Crippen molar-refractivity contribution < 1.29 is 19.1 Å². The summed E-state index contributed by atoms with van der Waals surface area (Å²) in [4.78, 5) is 38.8. The van der Waals surface area contributed by atoms with Gasteiger partial charge in [-0.25, -0.2) is 9.69 Å². The van der Waals surface area contributed by atoms with Crippen molar-refractivity contribution in [3.63, 3.8) is 0 Å². The van der Waals surface area contributed by atoms with Gasteiger partial charge in [0.15, 0.2) is 0 Å². The van der Waals surface area contributed by atoms with Gasteiger partial charge >= 0.3 is 5.97 Å². The Balaban J connectivity index is 1.71. The molecule has 3 rings (SSSR count). The summed E-state index contributed by atoms with van der Waals surface area (Å²) in [5.41, 5.74) is 1.02. The molecule has 0 aliphatic carbocycles. The van der Waals surface area contributed by atoms with Crippen LogP contribution in [0.4, 0.5) is 5.69 Å². The lowest BCUT2D eigenvalue weighted by Gasteiger charge is -2.15. The number of carbonyl (C=O) groups is 3. The van der Waals surface area contributed by atoms with E-state index < -0.39 is 17.8 Å². The fourth-order valence-corrected chi connectivity index (χ4v) is 3.39. The van der Waals surface area contributed by atoms with Gasteiger partial charge < -0.3 is 4.74 Å². The lowest BCUT2D eigenvalue weighted by atomic mass is 10.1. The van der Waals surface area contributed by atoms with E-state index in [1.807, 2.05) is 0 Å². The predicted octanol–water partition coefficient (Wildman–Crippen LogP) is 5.27. The van der Waals surface area contributed by atoms with Crippen molar-refractivity contribution in [3.05, 3.63) is 64.2 Å². The Morgan fingerprint density at radius 2 is 1.68 bits per heavy atom. The maximum Gasteiger partial charge on any atom is 0.338 e. The SMILES string of the molecule is CCCCCCCOC(=O)c1ccc2c(c1)C(=O)N(c1ccccc1Cl)C2=O. The molecule has 1 aliphatic rings. The van der Waals surface area contributed by atoms with Gasteiger partial charge in [0.1, 0.15) is 0 Å². The van der Waals surface area contributed by atoms with Crippen molar-refractivity contribution in [2.24, 2.45) is 0 Å². The molecule has 0 N–H and O–H groups in total. The second-order valence-corrected chi connectivity index (χ2v) is 7.11. The number of nitrogens with zero attached hydrogens (tertiary/aromatic N) is 1. The number of anilines is 1. The first-order valence-corrected chi connectivity index (χ1v) is 9.87. The molecule has 6 heteroatoms. The third-order valence-corrected chi connectivity index (χ3v) is 5.02. The molecule has 5 nitrogen and oxygen atoms in total. The second-order valence-electron chi connectivity index (χ2n) is 6.71. The maximum atomic E-state index is 12.8. The number of amides is 2. The smallest absolute Gasteiger partial charge is 0.338 e. The first-order chi connectivity index (χ1) is 13.5. The van der Waals surface area contributed by atoms with E-state index in [0.29, 0.717) is 17.3 Å². The first kappa shape index (κ1) is 20.1. The Labute approximate surface area is 169 Å². The number of carbonyl (C=O) groups excluding carboxylic acids is 3. The van der Waals surface area contributed by atoms with Gasteiger partial charge in [0, 0.05) is 0 Å². The van der Waals surface area contributed by atoms with E-state index in [9.17, 15) is 14.4 Å². The van der Waals surface area contributed by atoms with Crippen LogP contribution in [-0.4, -0.2) is 24.4 Å². The van der Waals surface area contributed by atoms with Crippen LogP contribution < -0.4 is 4.90 Å². The molecule has 2 aromatic rings. The summed E-state index contributed by atoms with van der Waals surface area (Å²) in [5, 5.41) is 0.305. The van der Waals surface area contributed by atoms with E-state index in [2.05, 4.69) is 6.92 Å². The lowest BCUT2D eigenvalue weighted by Crippen LogP contribution is -2.29. The first-order valence-electron chi connectivity index (χ1n) is 9.49. The minimum atomic E-state index is -0.498. The summed E-state index contributed by atoms with van der Waals surface area (Å²) in [6, 6.07) is 11.1. The van der Waals surface area contributed by atoms with Crippen molar-refractivity contribution in [3.8, 4) is 0 Å². The van der Waals surface area contributed by atoms with E-state index in [4.69, 9.17) is 16.3 Å². The van der Waals surface area contributed by atoms with E-state index in [0.717, 1.165) is 30.6 Å². The van der Waals surface area contributed by atoms with E-state index in [1.165, 1.54) is 24.6 Å². The molecule has 0 saturated heterocycles. The summed E-state index contributed by atoms with van der Waals surface area (Å²) in [7, 11) is 0. The third kappa shape index (κ3) is 4.09. The summed E-state index contributed by atoms with van der Waals surface area (Å²) in [5.74, 6) is -1.44. The van der Waals surface area contributed by atoms with Gasteiger partial charge in [0.05, 0.1) is 34.0 Å². The number of rotatable bonds is 8. The van der Waals surface area contributed by atoms with Crippen LogP contribution in [0.25, 0.3) is 0 Å². The highest BCUT2D eigenvalue weighted by atomic mass is 35.5. The standard InChI is InChI=1S/C22H22ClNO4/c1-2-3-4-5-8-13-28-22(27)15-11-12-16-17(14-15)21(26)24(20(16)25)19-10-7-6-9-18(19)23/h6-7,9-12,14H,2-5,8,13H2,1H3. The molecular weight excluding hydrogens is 378 g/mol. The molecule has 2 amide bonds. The summed E-state index contributed by atoms with van der Waals surface area (Å²) < 4.78 is 5.29. The molecule has 1 heterocycles. The Morgan fingerprint density at radius 1 is 0.964 bits per heavy atom. The van der Waals surface area contributed by atoms with Crippen molar-refractivity contribution in [2.75, 3.05) is 11.5 Å². The van der Waals surface area contributed by atoms with E-state index in [-0.39, 0.29) is 16.7 Å². The van der Waals surface area contributed by atoms with Crippen LogP contribution >= 0.6 is 11.6 Å². The van der Waals surface area contributed by atoms with Gasteiger partial charge in [-0.3, -0.25) is 9.59 Å². The molecule has 0 aromatic heterocycles. The van der Waals surface area contributed by atoms with Crippen molar-refractivity contribution in [2.45, 2.75) is 39.0 Å². The van der Waals surface area contributed by atoms with Crippen LogP contribution in [0.2, 0.25) is 5.02 Å². The number of benzene rings is 2. The molecule has 1 aliphatic heterocycles.